The van der Waals surface area contributed by atoms with Gasteiger partial charge in [0.15, 0.2) is 5.52 Å². The minimum absolute atomic E-state index is 0.0604. The zero-order valence-electron chi connectivity index (χ0n) is 10.6. The van der Waals surface area contributed by atoms with Crippen LogP contribution in [-0.4, -0.2) is 16.5 Å². The molecule has 2 rings (SSSR count). The average molecular weight is 265 g/mol. The number of anilines is 1. The van der Waals surface area contributed by atoms with E-state index in [1.54, 1.807) is 11.6 Å². The fraction of sp³-hybridized carbons (Fsp3) is 0.417. The summed E-state index contributed by atoms with van der Waals surface area (Å²) in [7, 11) is 0. The molecule has 1 aromatic heterocycles. The van der Waals surface area contributed by atoms with Gasteiger partial charge in [-0.15, -0.1) is 11.3 Å². The van der Waals surface area contributed by atoms with E-state index in [9.17, 15) is 10.1 Å². The van der Waals surface area contributed by atoms with Crippen molar-refractivity contribution < 1.29 is 4.92 Å². The maximum atomic E-state index is 11.2. The summed E-state index contributed by atoms with van der Waals surface area (Å²) < 4.78 is 0.836. The van der Waals surface area contributed by atoms with E-state index < -0.39 is 0 Å². The number of aromatic nitrogens is 1. The van der Waals surface area contributed by atoms with Crippen LogP contribution in [0.25, 0.3) is 10.2 Å². The van der Waals surface area contributed by atoms with Crippen molar-refractivity contribution in [3.05, 3.63) is 27.8 Å². The summed E-state index contributed by atoms with van der Waals surface area (Å²) >= 11 is 1.41. The average Bonchev–Trinajstić information content (AvgIpc) is 2.71. The van der Waals surface area contributed by atoms with E-state index in [0.29, 0.717) is 17.7 Å². The number of hydrogen-bond acceptors (Lipinski definition) is 5. The number of nitrogens with one attached hydrogen (secondary N) is 1. The summed E-state index contributed by atoms with van der Waals surface area (Å²) in [6.07, 6.45) is 0. The van der Waals surface area contributed by atoms with Gasteiger partial charge in [-0.1, -0.05) is 20.8 Å². The second-order valence-corrected chi connectivity index (χ2v) is 6.22. The molecule has 0 saturated carbocycles. The van der Waals surface area contributed by atoms with Crippen molar-refractivity contribution in [3.8, 4) is 0 Å². The Morgan fingerprint density at radius 3 is 2.78 bits per heavy atom. The van der Waals surface area contributed by atoms with Crippen LogP contribution in [0.15, 0.2) is 17.6 Å². The zero-order chi connectivity index (χ0) is 13.3. The summed E-state index contributed by atoms with van der Waals surface area (Å²) in [5.74, 6) is 0. The van der Waals surface area contributed by atoms with Crippen LogP contribution in [-0.2, 0) is 0 Å². The van der Waals surface area contributed by atoms with E-state index in [-0.39, 0.29) is 16.0 Å². The van der Waals surface area contributed by atoms with Crippen LogP contribution in [0.1, 0.15) is 20.8 Å². The van der Waals surface area contributed by atoms with Gasteiger partial charge in [0.05, 0.1) is 15.1 Å². The SMILES string of the molecule is CC(C)(C)CNc1ccc2scnc2c1[N+](=O)[O-]. The number of thiazole rings is 1. The van der Waals surface area contributed by atoms with E-state index in [1.165, 1.54) is 11.3 Å². The summed E-state index contributed by atoms with van der Waals surface area (Å²) in [6, 6.07) is 3.62. The Morgan fingerprint density at radius 2 is 2.17 bits per heavy atom. The number of nitrogens with zero attached hydrogens (tertiary/aromatic N) is 2. The molecule has 1 heterocycles. The van der Waals surface area contributed by atoms with Gasteiger partial charge in [0, 0.05) is 6.54 Å². The summed E-state index contributed by atoms with van der Waals surface area (Å²) in [5, 5.41) is 14.3. The van der Waals surface area contributed by atoms with Gasteiger partial charge in [-0.2, -0.15) is 0 Å². The first-order valence-electron chi connectivity index (χ1n) is 5.63. The zero-order valence-corrected chi connectivity index (χ0v) is 11.4. The Labute approximate surface area is 109 Å². The number of nitro benzene ring substituents is 1. The van der Waals surface area contributed by atoms with Gasteiger partial charge in [0.25, 0.3) is 0 Å². The van der Waals surface area contributed by atoms with Crippen LogP contribution < -0.4 is 5.32 Å². The van der Waals surface area contributed by atoms with E-state index >= 15 is 0 Å². The van der Waals surface area contributed by atoms with E-state index in [0.717, 1.165) is 4.70 Å². The Balaban J connectivity index is 2.43. The maximum absolute atomic E-state index is 11.2. The molecule has 2 aromatic rings. The molecule has 96 valence electrons. The van der Waals surface area contributed by atoms with Crippen LogP contribution in [0.3, 0.4) is 0 Å². The van der Waals surface area contributed by atoms with Gasteiger partial charge < -0.3 is 5.32 Å². The Kier molecular flexibility index (Phi) is 3.21. The lowest BCUT2D eigenvalue weighted by Crippen LogP contribution is -2.19. The highest BCUT2D eigenvalue weighted by Crippen LogP contribution is 2.34. The Hall–Kier alpha value is -1.69. The first-order valence-corrected chi connectivity index (χ1v) is 6.51. The summed E-state index contributed by atoms with van der Waals surface area (Å²) in [4.78, 5) is 14.9. The highest BCUT2D eigenvalue weighted by molar-refractivity contribution is 7.16. The van der Waals surface area contributed by atoms with E-state index in [4.69, 9.17) is 0 Å². The predicted molar refractivity (Wildman–Crippen MR) is 74.2 cm³/mol. The van der Waals surface area contributed by atoms with Crippen LogP contribution in [0.4, 0.5) is 11.4 Å². The van der Waals surface area contributed by atoms with Crippen LogP contribution in [0, 0.1) is 15.5 Å². The smallest absolute Gasteiger partial charge is 0.319 e. The van der Waals surface area contributed by atoms with Gasteiger partial charge in [-0.25, -0.2) is 4.98 Å². The molecular formula is C12H15N3O2S. The van der Waals surface area contributed by atoms with Gasteiger partial charge in [-0.05, 0) is 17.5 Å². The van der Waals surface area contributed by atoms with Crippen molar-refractivity contribution in [2.24, 2.45) is 5.41 Å². The molecule has 1 N–H and O–H groups in total. The third-order valence-corrected chi connectivity index (χ3v) is 3.26. The molecular weight excluding hydrogens is 250 g/mol. The summed E-state index contributed by atoms with van der Waals surface area (Å²) in [5.41, 5.74) is 2.76. The third-order valence-electron chi connectivity index (χ3n) is 2.47. The minimum Gasteiger partial charge on any atom is -0.379 e. The van der Waals surface area contributed by atoms with Crippen molar-refractivity contribution >= 4 is 32.9 Å². The van der Waals surface area contributed by atoms with Crippen molar-refractivity contribution in [2.45, 2.75) is 20.8 Å². The lowest BCUT2D eigenvalue weighted by molar-refractivity contribution is -0.382. The molecule has 0 radical (unpaired) electrons. The molecule has 0 unspecified atom stereocenters. The maximum Gasteiger partial charge on any atom is 0.319 e. The number of nitro groups is 1. The molecule has 0 aliphatic heterocycles. The van der Waals surface area contributed by atoms with Crippen molar-refractivity contribution in [2.75, 3.05) is 11.9 Å². The first kappa shape index (κ1) is 12.8. The molecule has 0 spiro atoms. The van der Waals surface area contributed by atoms with Crippen molar-refractivity contribution in [1.82, 2.24) is 4.98 Å². The lowest BCUT2D eigenvalue weighted by Gasteiger charge is -2.19. The molecule has 6 heteroatoms. The van der Waals surface area contributed by atoms with Crippen molar-refractivity contribution in [3.63, 3.8) is 0 Å². The lowest BCUT2D eigenvalue weighted by atomic mass is 9.97. The quantitative estimate of drug-likeness (QED) is 0.679. The largest absolute Gasteiger partial charge is 0.379 e. The third kappa shape index (κ3) is 2.59. The molecule has 0 fully saturated rings. The minimum atomic E-state index is -0.368. The standard InChI is InChI=1S/C12H15N3O2S/c1-12(2,3)6-13-8-4-5-9-10(14-7-18-9)11(8)15(16)17/h4-5,7,13H,6H2,1-3H3. The monoisotopic (exact) mass is 265 g/mol. The molecule has 0 aliphatic carbocycles. The predicted octanol–water partition coefficient (Wildman–Crippen LogP) is 3.66. The number of fused-ring (bicyclic) bond motifs is 1. The fourth-order valence-corrected chi connectivity index (χ4v) is 2.28. The van der Waals surface area contributed by atoms with Crippen LogP contribution >= 0.6 is 11.3 Å². The number of hydrogen-bond donors (Lipinski definition) is 1. The first-order chi connectivity index (χ1) is 8.38. The van der Waals surface area contributed by atoms with Crippen molar-refractivity contribution in [1.29, 1.82) is 0 Å². The summed E-state index contributed by atoms with van der Waals surface area (Å²) in [6.45, 7) is 6.90. The van der Waals surface area contributed by atoms with Crippen LogP contribution in [0.5, 0.6) is 0 Å². The second-order valence-electron chi connectivity index (χ2n) is 5.33. The molecule has 5 nitrogen and oxygen atoms in total. The molecule has 0 saturated heterocycles. The van der Waals surface area contributed by atoms with E-state index in [1.807, 2.05) is 6.07 Å². The van der Waals surface area contributed by atoms with Gasteiger partial charge in [-0.3, -0.25) is 10.1 Å². The molecule has 1 aromatic carbocycles. The van der Waals surface area contributed by atoms with Gasteiger partial charge >= 0.3 is 5.69 Å². The normalized spacial score (nSPS) is 11.7. The van der Waals surface area contributed by atoms with E-state index in [2.05, 4.69) is 31.1 Å². The fourth-order valence-electron chi connectivity index (χ4n) is 1.60. The molecule has 0 atom stereocenters. The molecule has 0 amide bonds. The Bertz CT molecular complexity index is 587. The van der Waals surface area contributed by atoms with Crippen LogP contribution in [0.2, 0.25) is 0 Å². The highest BCUT2D eigenvalue weighted by Gasteiger charge is 2.21. The van der Waals surface area contributed by atoms with Gasteiger partial charge in [0.1, 0.15) is 5.69 Å². The highest BCUT2D eigenvalue weighted by atomic mass is 32.1. The Morgan fingerprint density at radius 1 is 1.44 bits per heavy atom. The number of benzene rings is 1. The molecule has 0 bridgehead atoms. The molecule has 18 heavy (non-hydrogen) atoms. The molecule has 0 aliphatic rings. The second kappa shape index (κ2) is 4.53. The number of rotatable bonds is 3. The van der Waals surface area contributed by atoms with Gasteiger partial charge in [0.2, 0.25) is 0 Å². The topological polar surface area (TPSA) is 68.1 Å².